The van der Waals surface area contributed by atoms with Gasteiger partial charge in [0, 0.05) is 35.5 Å². The molecular weight excluding hydrogens is 467 g/mol. The highest BCUT2D eigenvalue weighted by Gasteiger charge is 2.17. The Morgan fingerprint density at radius 3 is 2.59 bits per heavy atom. The number of nitrogens with zero attached hydrogens (tertiary/aromatic N) is 4. The van der Waals surface area contributed by atoms with Crippen LogP contribution in [-0.4, -0.2) is 42.4 Å². The van der Waals surface area contributed by atoms with E-state index in [1.165, 1.54) is 12.1 Å². The molecule has 9 heteroatoms. The first-order valence-corrected chi connectivity index (χ1v) is 12.0. The molecule has 0 aliphatic carbocycles. The van der Waals surface area contributed by atoms with Gasteiger partial charge < -0.3 is 10.3 Å². The molecule has 0 fully saturated rings. The van der Waals surface area contributed by atoms with Crippen LogP contribution in [0.2, 0.25) is 0 Å². The Bertz CT molecular complexity index is 1610. The van der Waals surface area contributed by atoms with Crippen molar-refractivity contribution >= 4 is 22.1 Å². The Labute approximate surface area is 214 Å². The quantitative estimate of drug-likeness (QED) is 0.211. The Morgan fingerprint density at radius 2 is 1.84 bits per heavy atom. The summed E-state index contributed by atoms with van der Waals surface area (Å²) in [5.41, 5.74) is 7.32. The molecule has 0 atom stereocenters. The lowest BCUT2D eigenvalue weighted by atomic mass is 10.0. The average molecular weight is 497 g/mol. The highest BCUT2D eigenvalue weighted by Crippen LogP contribution is 2.33. The zero-order chi connectivity index (χ0) is 26.4. The first-order valence-electron chi connectivity index (χ1n) is 12.0. The summed E-state index contributed by atoms with van der Waals surface area (Å²) in [5.74, 6) is 0.305. The lowest BCUT2D eigenvalue weighted by Crippen LogP contribution is -2.05. The third kappa shape index (κ3) is 5.03. The fraction of sp³-hybridized carbons (Fsp3) is 0.143. The number of nitrogens with one attached hydrogen (secondary N) is 4. The summed E-state index contributed by atoms with van der Waals surface area (Å²) >= 11 is 0. The van der Waals surface area contributed by atoms with Crippen LogP contribution in [0.4, 0.5) is 4.39 Å². The van der Waals surface area contributed by atoms with E-state index in [0.29, 0.717) is 23.7 Å². The van der Waals surface area contributed by atoms with Gasteiger partial charge in [-0.1, -0.05) is 19.9 Å². The molecule has 0 aliphatic heterocycles. The maximum Gasteiger partial charge on any atom is 0.178 e. The number of halogens is 1. The third-order valence-electron chi connectivity index (χ3n) is 5.66. The second-order valence-electron chi connectivity index (χ2n) is 7.84. The van der Waals surface area contributed by atoms with Crippen molar-refractivity contribution in [3.05, 3.63) is 85.6 Å². The monoisotopic (exact) mass is 496 g/mol. The number of fused-ring (bicyclic) bond motifs is 2. The van der Waals surface area contributed by atoms with Crippen molar-refractivity contribution in [2.45, 2.75) is 20.4 Å². The first kappa shape index (κ1) is 25.5. The minimum atomic E-state index is -0.285. The Morgan fingerprint density at radius 1 is 1.00 bits per heavy atom. The first-order chi connectivity index (χ1) is 18.2. The van der Waals surface area contributed by atoms with Crippen LogP contribution in [-0.2, 0) is 6.54 Å². The third-order valence-corrected chi connectivity index (χ3v) is 5.66. The topological polar surface area (TPSA) is 111 Å². The summed E-state index contributed by atoms with van der Waals surface area (Å²) in [5, 5.41) is 18.4. The van der Waals surface area contributed by atoms with Crippen LogP contribution >= 0.6 is 0 Å². The van der Waals surface area contributed by atoms with Gasteiger partial charge in [-0.05, 0) is 60.1 Å². The minimum absolute atomic E-state index is 0.285. The van der Waals surface area contributed by atoms with E-state index in [9.17, 15) is 4.39 Å². The van der Waals surface area contributed by atoms with Crippen molar-refractivity contribution < 1.29 is 4.39 Å². The number of hydrogen-bond donors (Lipinski definition) is 4. The predicted molar refractivity (Wildman–Crippen MR) is 147 cm³/mol. The number of imidazole rings is 1. The highest BCUT2D eigenvalue weighted by molar-refractivity contribution is 5.97. The second kappa shape index (κ2) is 11.4. The van der Waals surface area contributed by atoms with Crippen molar-refractivity contribution in [1.82, 2.24) is 40.7 Å². The zero-order valence-corrected chi connectivity index (χ0v) is 21.1. The molecule has 0 saturated heterocycles. The Balaban J connectivity index is 0.000000765. The van der Waals surface area contributed by atoms with E-state index in [1.807, 2.05) is 51.4 Å². The molecule has 188 valence electrons. The van der Waals surface area contributed by atoms with Gasteiger partial charge >= 0.3 is 0 Å². The van der Waals surface area contributed by atoms with E-state index in [4.69, 9.17) is 4.98 Å². The van der Waals surface area contributed by atoms with E-state index < -0.39 is 0 Å². The minimum Gasteiger partial charge on any atom is -0.335 e. The van der Waals surface area contributed by atoms with E-state index in [0.717, 1.165) is 44.2 Å². The Hall–Kier alpha value is -4.63. The molecular formula is C28H29FN8. The van der Waals surface area contributed by atoms with E-state index in [-0.39, 0.29) is 5.82 Å². The number of aromatic nitrogens is 7. The fourth-order valence-electron chi connectivity index (χ4n) is 4.16. The van der Waals surface area contributed by atoms with Crippen molar-refractivity contribution in [3.8, 4) is 33.8 Å². The maximum absolute atomic E-state index is 14.3. The normalized spacial score (nSPS) is 10.6. The molecule has 2 aromatic carbocycles. The van der Waals surface area contributed by atoms with Crippen LogP contribution in [0.5, 0.6) is 0 Å². The van der Waals surface area contributed by atoms with E-state index in [2.05, 4.69) is 54.9 Å². The lowest BCUT2D eigenvalue weighted by Gasteiger charge is -2.07. The molecule has 0 spiro atoms. The summed E-state index contributed by atoms with van der Waals surface area (Å²) in [6.07, 6.45) is 5.31. The number of benzene rings is 2. The molecule has 0 aliphatic rings. The molecule has 0 bridgehead atoms. The SMILES string of the molecule is C=C.CC.CNCc1cc(F)cc(-c2ccnc3nc(-c4n[nH]c5ccc(-c6cn[nH]c6)cc45)[nH]c23)c1. The highest BCUT2D eigenvalue weighted by atomic mass is 19.1. The molecule has 4 N–H and O–H groups in total. The van der Waals surface area contributed by atoms with Crippen molar-refractivity contribution in [2.24, 2.45) is 0 Å². The van der Waals surface area contributed by atoms with Crippen LogP contribution in [0.3, 0.4) is 0 Å². The molecule has 0 radical (unpaired) electrons. The number of H-pyrrole nitrogens is 3. The summed E-state index contributed by atoms with van der Waals surface area (Å²) in [6, 6.07) is 12.9. The standard InChI is InChI=1S/C24H19FN8.C2H6.C2H4/c1-26-10-13-6-15(8-17(25)7-13)18-4-5-27-23-21(18)30-24(31-23)22-19-9-14(16-11-28-29-12-16)2-3-20(19)32-33-22;2*1-2/h2-9,11-12,26H,10H2,1H3,(H,28,29)(H,32,33)(H,27,30,31);1-2H3;1-2H2. The molecule has 6 aromatic rings. The summed E-state index contributed by atoms with van der Waals surface area (Å²) < 4.78 is 14.3. The lowest BCUT2D eigenvalue weighted by molar-refractivity contribution is 0.624. The largest absolute Gasteiger partial charge is 0.335 e. The second-order valence-corrected chi connectivity index (χ2v) is 7.84. The number of pyridine rings is 1. The van der Waals surface area contributed by atoms with E-state index >= 15 is 0 Å². The number of aromatic amines is 3. The smallest absolute Gasteiger partial charge is 0.178 e. The van der Waals surface area contributed by atoms with Gasteiger partial charge in [-0.15, -0.1) is 13.2 Å². The van der Waals surface area contributed by atoms with Crippen LogP contribution in [0.15, 0.2) is 74.2 Å². The molecule has 4 aromatic heterocycles. The van der Waals surface area contributed by atoms with Gasteiger partial charge in [0.05, 0.1) is 17.2 Å². The molecule has 0 saturated carbocycles. The van der Waals surface area contributed by atoms with Gasteiger partial charge in [0.25, 0.3) is 0 Å². The molecule has 8 nitrogen and oxygen atoms in total. The summed E-state index contributed by atoms with van der Waals surface area (Å²) in [7, 11) is 1.84. The van der Waals surface area contributed by atoms with Crippen LogP contribution in [0, 0.1) is 5.82 Å². The molecule has 37 heavy (non-hydrogen) atoms. The maximum atomic E-state index is 14.3. The van der Waals surface area contributed by atoms with Crippen molar-refractivity contribution in [2.75, 3.05) is 7.05 Å². The summed E-state index contributed by atoms with van der Waals surface area (Å²) in [6.45, 7) is 10.6. The molecule has 0 unspecified atom stereocenters. The predicted octanol–water partition coefficient (Wildman–Crippen LogP) is 6.25. The molecule has 0 amide bonds. The van der Waals surface area contributed by atoms with Crippen molar-refractivity contribution in [3.63, 3.8) is 0 Å². The van der Waals surface area contributed by atoms with Gasteiger partial charge in [0.2, 0.25) is 0 Å². The van der Waals surface area contributed by atoms with Gasteiger partial charge in [0.1, 0.15) is 11.5 Å². The fourth-order valence-corrected chi connectivity index (χ4v) is 4.16. The van der Waals surface area contributed by atoms with Gasteiger partial charge in [-0.2, -0.15) is 10.2 Å². The van der Waals surface area contributed by atoms with Crippen LogP contribution in [0.25, 0.3) is 55.8 Å². The zero-order valence-electron chi connectivity index (χ0n) is 21.1. The van der Waals surface area contributed by atoms with Crippen LogP contribution in [0.1, 0.15) is 19.4 Å². The molecule has 4 heterocycles. The molecule has 6 rings (SSSR count). The van der Waals surface area contributed by atoms with Gasteiger partial charge in [-0.25, -0.2) is 14.4 Å². The van der Waals surface area contributed by atoms with Crippen LogP contribution < -0.4 is 5.32 Å². The Kier molecular flexibility index (Phi) is 7.85. The van der Waals surface area contributed by atoms with Gasteiger partial charge in [-0.3, -0.25) is 10.2 Å². The summed E-state index contributed by atoms with van der Waals surface area (Å²) in [4.78, 5) is 12.5. The van der Waals surface area contributed by atoms with Crippen molar-refractivity contribution in [1.29, 1.82) is 0 Å². The van der Waals surface area contributed by atoms with E-state index in [1.54, 1.807) is 12.4 Å². The average Bonchev–Trinajstić information content (AvgIpc) is 3.70. The number of hydrogen-bond acceptors (Lipinski definition) is 5. The number of rotatable bonds is 5. The van der Waals surface area contributed by atoms with Gasteiger partial charge in [0.15, 0.2) is 11.5 Å².